The summed E-state index contributed by atoms with van der Waals surface area (Å²) >= 11 is 0. The topological polar surface area (TPSA) is 92.6 Å². The highest BCUT2D eigenvalue weighted by Gasteiger charge is 2.18. The Morgan fingerprint density at radius 2 is 2.08 bits per heavy atom. The summed E-state index contributed by atoms with van der Waals surface area (Å²) in [4.78, 5) is 11.8. The Hall–Kier alpha value is -2.09. The quantitative estimate of drug-likeness (QED) is 0.796. The number of nitrogens with zero attached hydrogens (tertiary/aromatic N) is 2. The van der Waals surface area contributed by atoms with E-state index in [1.165, 1.54) is 12.8 Å². The molecule has 130 valence electrons. The Morgan fingerprint density at radius 1 is 1.29 bits per heavy atom. The lowest BCUT2D eigenvalue weighted by atomic mass is 10.0. The third kappa shape index (κ3) is 4.47. The Morgan fingerprint density at radius 3 is 2.88 bits per heavy atom. The van der Waals surface area contributed by atoms with E-state index in [4.69, 9.17) is 0 Å². The van der Waals surface area contributed by atoms with E-state index in [1.54, 1.807) is 35.1 Å². The molecule has 0 unspecified atom stereocenters. The Balaban J connectivity index is 1.47. The van der Waals surface area contributed by atoms with E-state index in [-0.39, 0.29) is 18.2 Å². The van der Waals surface area contributed by atoms with Gasteiger partial charge in [-0.25, -0.2) is 12.9 Å². The third-order valence-corrected chi connectivity index (χ3v) is 5.60. The fourth-order valence-electron chi connectivity index (χ4n) is 3.09. The van der Waals surface area contributed by atoms with Crippen molar-refractivity contribution < 1.29 is 13.2 Å². The van der Waals surface area contributed by atoms with Gasteiger partial charge in [0.1, 0.15) is 0 Å². The van der Waals surface area contributed by atoms with Gasteiger partial charge in [-0.05, 0) is 37.0 Å². The molecule has 1 aliphatic rings. The third-order valence-electron chi connectivity index (χ3n) is 4.31. The molecule has 1 amide bonds. The monoisotopic (exact) mass is 350 g/mol. The molecule has 0 saturated heterocycles. The zero-order valence-electron chi connectivity index (χ0n) is 13.4. The van der Waals surface area contributed by atoms with Crippen molar-refractivity contribution in [1.29, 1.82) is 0 Å². The van der Waals surface area contributed by atoms with E-state index >= 15 is 0 Å². The number of hydrogen-bond donors (Lipinski definition) is 2. The first kappa shape index (κ1) is 16.8. The molecule has 2 N–H and O–H groups in total. The number of hydrogen-bond acceptors (Lipinski definition) is 4. The number of anilines is 1. The maximum atomic E-state index is 12.1. The highest BCUT2D eigenvalue weighted by molar-refractivity contribution is 7.92. The van der Waals surface area contributed by atoms with Gasteiger partial charge in [0.15, 0.2) is 0 Å². The SMILES string of the molecule is O=C(CC1CCCC1)NCCS(=O)(=O)Nc1ccn2nccc2c1. The molecular formula is C16H22N4O3S. The lowest BCUT2D eigenvalue weighted by Crippen LogP contribution is -2.32. The van der Waals surface area contributed by atoms with Crippen LogP contribution in [0.15, 0.2) is 30.6 Å². The van der Waals surface area contributed by atoms with Crippen LogP contribution in [0.1, 0.15) is 32.1 Å². The number of carbonyl (C=O) groups is 1. The van der Waals surface area contributed by atoms with Crippen LogP contribution in [0.2, 0.25) is 0 Å². The van der Waals surface area contributed by atoms with Gasteiger partial charge in [0.05, 0.1) is 17.0 Å². The number of rotatable bonds is 7. The van der Waals surface area contributed by atoms with Gasteiger partial charge in [0, 0.05) is 25.4 Å². The summed E-state index contributed by atoms with van der Waals surface area (Å²) in [6.45, 7) is 0.121. The van der Waals surface area contributed by atoms with Crippen molar-refractivity contribution in [3.8, 4) is 0 Å². The van der Waals surface area contributed by atoms with Gasteiger partial charge in [-0.3, -0.25) is 9.52 Å². The van der Waals surface area contributed by atoms with Crippen LogP contribution >= 0.6 is 0 Å². The molecule has 0 bridgehead atoms. The van der Waals surface area contributed by atoms with Gasteiger partial charge in [0.25, 0.3) is 0 Å². The standard InChI is InChI=1S/C16H22N4O3S/c21-16(11-13-3-1-2-4-13)17-8-10-24(22,23)19-14-6-9-20-15(12-14)5-7-18-20/h5-7,9,12-13,19H,1-4,8,10-11H2,(H,17,21). The molecule has 0 aromatic carbocycles. The van der Waals surface area contributed by atoms with Crippen LogP contribution in [0.4, 0.5) is 5.69 Å². The van der Waals surface area contributed by atoms with Gasteiger partial charge in [-0.1, -0.05) is 12.8 Å². The molecule has 2 heterocycles. The molecule has 2 aromatic rings. The van der Waals surface area contributed by atoms with Gasteiger partial charge in [-0.15, -0.1) is 0 Å². The van der Waals surface area contributed by atoms with Crippen LogP contribution in [-0.2, 0) is 14.8 Å². The first-order valence-electron chi connectivity index (χ1n) is 8.22. The smallest absolute Gasteiger partial charge is 0.234 e. The minimum atomic E-state index is -3.50. The van der Waals surface area contributed by atoms with E-state index in [0.29, 0.717) is 18.0 Å². The highest BCUT2D eigenvalue weighted by Crippen LogP contribution is 2.27. The summed E-state index contributed by atoms with van der Waals surface area (Å²) in [5, 5.41) is 6.76. The summed E-state index contributed by atoms with van der Waals surface area (Å²) in [6.07, 6.45) is 8.43. The number of aromatic nitrogens is 2. The van der Waals surface area contributed by atoms with Gasteiger partial charge >= 0.3 is 0 Å². The molecular weight excluding hydrogens is 328 g/mol. The van der Waals surface area contributed by atoms with E-state index in [1.807, 2.05) is 0 Å². The van der Waals surface area contributed by atoms with Crippen molar-refractivity contribution in [2.45, 2.75) is 32.1 Å². The number of sulfonamides is 1. The van der Waals surface area contributed by atoms with E-state index in [0.717, 1.165) is 18.4 Å². The molecule has 8 heteroatoms. The number of fused-ring (bicyclic) bond motifs is 1. The fourth-order valence-corrected chi connectivity index (χ4v) is 4.05. The number of amides is 1. The van der Waals surface area contributed by atoms with Crippen LogP contribution in [-0.4, -0.2) is 36.2 Å². The normalized spacial score (nSPS) is 15.7. The average Bonchev–Trinajstić information content (AvgIpc) is 3.17. The Labute approximate surface area is 141 Å². The van der Waals surface area contributed by atoms with Crippen molar-refractivity contribution in [2.24, 2.45) is 5.92 Å². The predicted octanol–water partition coefficient (Wildman–Crippen LogP) is 1.77. The highest BCUT2D eigenvalue weighted by atomic mass is 32.2. The van der Waals surface area contributed by atoms with Crippen LogP contribution in [0.5, 0.6) is 0 Å². The zero-order chi connectivity index (χ0) is 17.0. The maximum absolute atomic E-state index is 12.1. The molecule has 1 aliphatic carbocycles. The molecule has 3 rings (SSSR count). The van der Waals surface area contributed by atoms with Crippen LogP contribution in [0.25, 0.3) is 5.52 Å². The second kappa shape index (κ2) is 7.21. The van der Waals surface area contributed by atoms with E-state index in [9.17, 15) is 13.2 Å². The average molecular weight is 350 g/mol. The second-order valence-electron chi connectivity index (χ2n) is 6.24. The maximum Gasteiger partial charge on any atom is 0.234 e. The zero-order valence-corrected chi connectivity index (χ0v) is 14.3. The van der Waals surface area contributed by atoms with E-state index < -0.39 is 10.0 Å². The second-order valence-corrected chi connectivity index (χ2v) is 8.08. The van der Waals surface area contributed by atoms with Gasteiger partial charge in [0.2, 0.25) is 15.9 Å². The number of pyridine rings is 1. The lowest BCUT2D eigenvalue weighted by Gasteiger charge is -2.11. The summed E-state index contributed by atoms with van der Waals surface area (Å²) in [7, 11) is -3.50. The van der Waals surface area contributed by atoms with Gasteiger partial charge < -0.3 is 5.32 Å². The first-order valence-corrected chi connectivity index (χ1v) is 9.88. The minimum absolute atomic E-state index is 0.0576. The van der Waals surface area contributed by atoms with Crippen LogP contribution in [0, 0.1) is 5.92 Å². The van der Waals surface area contributed by atoms with Crippen molar-refractivity contribution in [3.63, 3.8) is 0 Å². The van der Waals surface area contributed by atoms with Crippen molar-refractivity contribution >= 4 is 27.1 Å². The minimum Gasteiger partial charge on any atom is -0.355 e. The molecule has 7 nitrogen and oxygen atoms in total. The summed E-state index contributed by atoms with van der Waals surface area (Å²) in [5.74, 6) is 0.258. The lowest BCUT2D eigenvalue weighted by molar-refractivity contribution is -0.121. The van der Waals surface area contributed by atoms with Gasteiger partial charge in [-0.2, -0.15) is 5.10 Å². The summed E-state index contributed by atoms with van der Waals surface area (Å²) in [6, 6.07) is 5.15. The Kier molecular flexibility index (Phi) is 5.03. The molecule has 24 heavy (non-hydrogen) atoms. The van der Waals surface area contributed by atoms with Crippen LogP contribution < -0.4 is 10.0 Å². The number of nitrogens with one attached hydrogen (secondary N) is 2. The fraction of sp³-hybridized carbons (Fsp3) is 0.500. The first-order chi connectivity index (χ1) is 11.5. The van der Waals surface area contributed by atoms with Crippen molar-refractivity contribution in [2.75, 3.05) is 17.0 Å². The summed E-state index contributed by atoms with van der Waals surface area (Å²) < 4.78 is 28.4. The molecule has 0 spiro atoms. The molecule has 1 saturated carbocycles. The van der Waals surface area contributed by atoms with Crippen molar-refractivity contribution in [3.05, 3.63) is 30.6 Å². The summed E-state index contributed by atoms with van der Waals surface area (Å²) in [5.41, 5.74) is 1.29. The van der Waals surface area contributed by atoms with Crippen LogP contribution in [0.3, 0.4) is 0 Å². The predicted molar refractivity (Wildman–Crippen MR) is 92.2 cm³/mol. The molecule has 0 aliphatic heterocycles. The molecule has 1 fully saturated rings. The molecule has 0 atom stereocenters. The molecule has 2 aromatic heterocycles. The largest absolute Gasteiger partial charge is 0.355 e. The Bertz CT molecular complexity index is 810. The van der Waals surface area contributed by atoms with E-state index in [2.05, 4.69) is 15.1 Å². The van der Waals surface area contributed by atoms with Crippen molar-refractivity contribution in [1.82, 2.24) is 14.9 Å². The number of carbonyl (C=O) groups excluding carboxylic acids is 1. The molecule has 0 radical (unpaired) electrons.